The van der Waals surface area contributed by atoms with Crippen molar-refractivity contribution in [2.75, 3.05) is 13.1 Å². The van der Waals surface area contributed by atoms with E-state index in [1.807, 2.05) is 0 Å². The largest absolute Gasteiger partial charge is 0.316 e. The Balaban J connectivity index is 0.000000853. The van der Waals surface area contributed by atoms with Crippen molar-refractivity contribution in [1.82, 2.24) is 5.32 Å². The highest BCUT2D eigenvalue weighted by Gasteiger charge is 2.37. The Bertz CT molecular complexity index is 315. The third kappa shape index (κ3) is 1.91. The van der Waals surface area contributed by atoms with Gasteiger partial charge >= 0.3 is 0 Å². The van der Waals surface area contributed by atoms with Crippen LogP contribution in [-0.2, 0) is 12.8 Å². The van der Waals surface area contributed by atoms with E-state index >= 15 is 0 Å². The first kappa shape index (κ1) is 11.0. The van der Waals surface area contributed by atoms with Crippen LogP contribution < -0.4 is 5.32 Å². The third-order valence-corrected chi connectivity index (χ3v) is 3.81. The number of hydrogen-bond acceptors (Lipinski definition) is 1. The molecule has 1 fully saturated rings. The van der Waals surface area contributed by atoms with Crippen molar-refractivity contribution in [3.63, 3.8) is 0 Å². The van der Waals surface area contributed by atoms with E-state index in [0.29, 0.717) is 5.41 Å². The Morgan fingerprint density at radius 3 is 2.27 bits per heavy atom. The van der Waals surface area contributed by atoms with Gasteiger partial charge in [-0.3, -0.25) is 0 Å². The van der Waals surface area contributed by atoms with Gasteiger partial charge in [-0.1, -0.05) is 24.3 Å². The summed E-state index contributed by atoms with van der Waals surface area (Å²) in [7, 11) is 0. The van der Waals surface area contributed by atoms with Gasteiger partial charge in [0, 0.05) is 6.54 Å². The van der Waals surface area contributed by atoms with Gasteiger partial charge in [-0.2, -0.15) is 0 Å². The first-order chi connectivity index (χ1) is 6.88. The number of rotatable bonds is 0. The van der Waals surface area contributed by atoms with Crippen LogP contribution in [0.2, 0.25) is 0 Å². The fourth-order valence-electron chi connectivity index (χ4n) is 3.11. The van der Waals surface area contributed by atoms with Gasteiger partial charge in [0.2, 0.25) is 0 Å². The quantitative estimate of drug-likeness (QED) is 0.713. The molecule has 2 aliphatic rings. The number of halogens is 1. The lowest BCUT2D eigenvalue weighted by molar-refractivity contribution is 0.222. The summed E-state index contributed by atoms with van der Waals surface area (Å²) in [6.45, 7) is 2.44. The second-order valence-corrected chi connectivity index (χ2v) is 4.90. The lowest BCUT2D eigenvalue weighted by Gasteiger charge is -2.33. The predicted octanol–water partition coefficient (Wildman–Crippen LogP) is 2.58. The van der Waals surface area contributed by atoms with Crippen LogP contribution in [0, 0.1) is 5.41 Å². The summed E-state index contributed by atoms with van der Waals surface area (Å²) in [6.07, 6.45) is 5.37. The minimum Gasteiger partial charge on any atom is -0.316 e. The van der Waals surface area contributed by atoms with Crippen molar-refractivity contribution >= 4 is 12.4 Å². The van der Waals surface area contributed by atoms with Crippen LogP contribution in [0.1, 0.15) is 24.0 Å². The van der Waals surface area contributed by atoms with Gasteiger partial charge in [-0.25, -0.2) is 0 Å². The molecule has 1 nitrogen and oxygen atoms in total. The van der Waals surface area contributed by atoms with Gasteiger partial charge in [0.05, 0.1) is 0 Å². The summed E-state index contributed by atoms with van der Waals surface area (Å²) in [4.78, 5) is 0. The number of fused-ring (bicyclic) bond motifs is 1. The van der Waals surface area contributed by atoms with Gasteiger partial charge < -0.3 is 5.32 Å². The minimum absolute atomic E-state index is 0. The fourth-order valence-corrected chi connectivity index (χ4v) is 3.11. The van der Waals surface area contributed by atoms with E-state index in [0.717, 1.165) is 0 Å². The highest BCUT2D eigenvalue weighted by molar-refractivity contribution is 5.85. The average molecular weight is 224 g/mol. The van der Waals surface area contributed by atoms with Gasteiger partial charge in [0.25, 0.3) is 0 Å². The normalized spacial score (nSPS) is 22.1. The Hall–Kier alpha value is -0.530. The molecule has 0 unspecified atom stereocenters. The van der Waals surface area contributed by atoms with E-state index in [1.165, 1.54) is 38.8 Å². The molecule has 0 radical (unpaired) electrons. The maximum absolute atomic E-state index is 3.55. The smallest absolute Gasteiger partial charge is 0.00142 e. The standard InChI is InChI=1S/C13H17N.ClH/c1-2-5-12-9-13(8-11(12)4-1)6-3-7-14-10-13;/h1-2,4-5,14H,3,6-10H2;1H. The van der Waals surface area contributed by atoms with Crippen molar-refractivity contribution in [3.05, 3.63) is 35.4 Å². The van der Waals surface area contributed by atoms with Crippen LogP contribution >= 0.6 is 12.4 Å². The summed E-state index contributed by atoms with van der Waals surface area (Å²) in [5, 5.41) is 3.55. The molecule has 0 amide bonds. The minimum atomic E-state index is 0. The monoisotopic (exact) mass is 223 g/mol. The molecule has 1 N–H and O–H groups in total. The molecule has 1 aliphatic carbocycles. The van der Waals surface area contributed by atoms with Crippen molar-refractivity contribution < 1.29 is 0 Å². The van der Waals surface area contributed by atoms with Crippen molar-refractivity contribution in [3.8, 4) is 0 Å². The second kappa shape index (κ2) is 4.15. The molecule has 0 bridgehead atoms. The molecule has 15 heavy (non-hydrogen) atoms. The van der Waals surface area contributed by atoms with E-state index in [1.54, 1.807) is 11.1 Å². The molecule has 1 spiro atoms. The highest BCUT2D eigenvalue weighted by Crippen LogP contribution is 2.41. The number of benzene rings is 1. The Labute approximate surface area is 97.7 Å². The molecule has 1 heterocycles. The molecule has 3 rings (SSSR count). The van der Waals surface area contributed by atoms with E-state index in [-0.39, 0.29) is 12.4 Å². The van der Waals surface area contributed by atoms with E-state index in [4.69, 9.17) is 0 Å². The molecule has 0 saturated carbocycles. The van der Waals surface area contributed by atoms with Crippen LogP contribution in [0.15, 0.2) is 24.3 Å². The average Bonchev–Trinajstić information content (AvgIpc) is 2.56. The summed E-state index contributed by atoms with van der Waals surface area (Å²) >= 11 is 0. The summed E-state index contributed by atoms with van der Waals surface area (Å²) < 4.78 is 0. The lowest BCUT2D eigenvalue weighted by atomic mass is 9.78. The fraction of sp³-hybridized carbons (Fsp3) is 0.538. The van der Waals surface area contributed by atoms with E-state index < -0.39 is 0 Å². The van der Waals surface area contributed by atoms with Crippen LogP contribution in [0.25, 0.3) is 0 Å². The topological polar surface area (TPSA) is 12.0 Å². The third-order valence-electron chi connectivity index (χ3n) is 3.81. The van der Waals surface area contributed by atoms with Gasteiger partial charge in [-0.05, 0) is 48.8 Å². The number of nitrogens with one attached hydrogen (secondary N) is 1. The maximum Gasteiger partial charge on any atom is 0.00142 e. The van der Waals surface area contributed by atoms with Gasteiger partial charge in [0.1, 0.15) is 0 Å². The Morgan fingerprint density at radius 1 is 1.07 bits per heavy atom. The van der Waals surface area contributed by atoms with Gasteiger partial charge in [-0.15, -0.1) is 12.4 Å². The maximum atomic E-state index is 3.55. The molecule has 0 aromatic heterocycles. The predicted molar refractivity (Wildman–Crippen MR) is 65.6 cm³/mol. The summed E-state index contributed by atoms with van der Waals surface area (Å²) in [6, 6.07) is 8.96. The number of hydrogen-bond donors (Lipinski definition) is 1. The Morgan fingerprint density at radius 2 is 1.73 bits per heavy atom. The van der Waals surface area contributed by atoms with Gasteiger partial charge in [0.15, 0.2) is 0 Å². The summed E-state index contributed by atoms with van der Waals surface area (Å²) in [5.41, 5.74) is 3.76. The molecule has 1 aliphatic heterocycles. The molecule has 1 saturated heterocycles. The zero-order valence-corrected chi connectivity index (χ0v) is 9.78. The SMILES string of the molecule is Cl.c1ccc2c(c1)CC1(CCCNC1)C2. The van der Waals surface area contributed by atoms with E-state index in [2.05, 4.69) is 29.6 Å². The molecule has 82 valence electrons. The van der Waals surface area contributed by atoms with E-state index in [9.17, 15) is 0 Å². The second-order valence-electron chi connectivity index (χ2n) is 4.90. The molecular formula is C13H18ClN. The molecule has 2 heteroatoms. The van der Waals surface area contributed by atoms with Crippen molar-refractivity contribution in [2.24, 2.45) is 5.41 Å². The zero-order valence-electron chi connectivity index (χ0n) is 8.96. The first-order valence-corrected chi connectivity index (χ1v) is 5.66. The lowest BCUT2D eigenvalue weighted by Crippen LogP contribution is -2.40. The van der Waals surface area contributed by atoms with Crippen LogP contribution in [0.3, 0.4) is 0 Å². The number of piperidine rings is 1. The molecule has 1 aromatic rings. The Kier molecular flexibility index (Phi) is 3.03. The summed E-state index contributed by atoms with van der Waals surface area (Å²) in [5.74, 6) is 0. The first-order valence-electron chi connectivity index (χ1n) is 5.66. The molecule has 1 aromatic carbocycles. The zero-order chi connectivity index (χ0) is 9.43. The van der Waals surface area contributed by atoms with Crippen LogP contribution in [0.4, 0.5) is 0 Å². The van der Waals surface area contributed by atoms with Crippen LogP contribution in [0.5, 0.6) is 0 Å². The highest BCUT2D eigenvalue weighted by atomic mass is 35.5. The van der Waals surface area contributed by atoms with Crippen LogP contribution in [-0.4, -0.2) is 13.1 Å². The van der Waals surface area contributed by atoms with Crippen molar-refractivity contribution in [1.29, 1.82) is 0 Å². The molecule has 0 atom stereocenters. The molecular weight excluding hydrogens is 206 g/mol. The van der Waals surface area contributed by atoms with Crippen molar-refractivity contribution in [2.45, 2.75) is 25.7 Å².